The van der Waals surface area contributed by atoms with Gasteiger partial charge < -0.3 is 19.5 Å². The largest absolute Gasteiger partial charge is 0.466 e. The molecule has 0 bridgehead atoms. The minimum atomic E-state index is -0.679. The SMILES string of the molecule is CCOC(=O)CC(Cc1cccc(-c2ccc(Oc3ncc(Cl)cc3F)cc2)n1)NC(=O)OC(C)(C)C. The van der Waals surface area contributed by atoms with Crippen LogP contribution in [0.25, 0.3) is 11.3 Å². The van der Waals surface area contributed by atoms with Crippen LogP contribution in [0.2, 0.25) is 5.02 Å². The highest BCUT2D eigenvalue weighted by Gasteiger charge is 2.23. The Morgan fingerprint density at radius 2 is 1.86 bits per heavy atom. The molecular formula is C27H29ClFN3O5. The Morgan fingerprint density at radius 1 is 1.14 bits per heavy atom. The van der Waals surface area contributed by atoms with Gasteiger partial charge in [0.2, 0.25) is 0 Å². The number of carbonyl (C=O) groups is 2. The van der Waals surface area contributed by atoms with E-state index >= 15 is 0 Å². The number of amides is 1. The molecule has 0 aliphatic heterocycles. The van der Waals surface area contributed by atoms with Gasteiger partial charge in [-0.25, -0.2) is 14.2 Å². The van der Waals surface area contributed by atoms with Crippen molar-refractivity contribution in [3.8, 4) is 22.9 Å². The number of rotatable bonds is 9. The van der Waals surface area contributed by atoms with Crippen LogP contribution in [0.4, 0.5) is 9.18 Å². The highest BCUT2D eigenvalue weighted by atomic mass is 35.5. The quantitative estimate of drug-likeness (QED) is 0.333. The van der Waals surface area contributed by atoms with Gasteiger partial charge in [0.25, 0.3) is 5.88 Å². The van der Waals surface area contributed by atoms with Gasteiger partial charge in [0.1, 0.15) is 11.4 Å². The van der Waals surface area contributed by atoms with E-state index in [2.05, 4.69) is 15.3 Å². The molecule has 1 N–H and O–H groups in total. The fraction of sp³-hybridized carbons (Fsp3) is 0.333. The van der Waals surface area contributed by atoms with Crippen molar-refractivity contribution in [2.45, 2.75) is 52.2 Å². The Morgan fingerprint density at radius 3 is 2.51 bits per heavy atom. The highest BCUT2D eigenvalue weighted by molar-refractivity contribution is 6.30. The van der Waals surface area contributed by atoms with Gasteiger partial charge in [-0.2, -0.15) is 0 Å². The topological polar surface area (TPSA) is 99.6 Å². The van der Waals surface area contributed by atoms with Gasteiger partial charge in [-0.1, -0.05) is 17.7 Å². The average molecular weight is 530 g/mol. The van der Waals surface area contributed by atoms with Gasteiger partial charge in [0.05, 0.1) is 23.7 Å². The first kappa shape index (κ1) is 27.9. The van der Waals surface area contributed by atoms with Crippen molar-refractivity contribution < 1.29 is 28.2 Å². The van der Waals surface area contributed by atoms with E-state index in [4.69, 9.17) is 25.8 Å². The lowest BCUT2D eigenvalue weighted by molar-refractivity contribution is -0.143. The maximum Gasteiger partial charge on any atom is 0.407 e. The van der Waals surface area contributed by atoms with Crippen LogP contribution >= 0.6 is 11.6 Å². The fourth-order valence-electron chi connectivity index (χ4n) is 3.36. The molecule has 10 heteroatoms. The summed E-state index contributed by atoms with van der Waals surface area (Å²) in [5.41, 5.74) is 1.45. The standard InChI is InChI=1S/C27H29ClFN3O5/c1-5-35-24(33)15-20(32-26(34)37-27(2,3)4)14-19-7-6-8-23(31-19)17-9-11-21(12-10-17)36-25-22(29)13-18(28)16-30-25/h6-13,16,20H,5,14-15H2,1-4H3,(H,32,34). The van der Waals surface area contributed by atoms with Crippen LogP contribution < -0.4 is 10.1 Å². The van der Waals surface area contributed by atoms with Crippen molar-refractivity contribution in [2.24, 2.45) is 0 Å². The van der Waals surface area contributed by atoms with E-state index in [1.54, 1.807) is 52.0 Å². The van der Waals surface area contributed by atoms with Crippen LogP contribution in [0.3, 0.4) is 0 Å². The van der Waals surface area contributed by atoms with Crippen molar-refractivity contribution >= 4 is 23.7 Å². The van der Waals surface area contributed by atoms with E-state index in [-0.39, 0.29) is 30.4 Å². The zero-order valence-electron chi connectivity index (χ0n) is 21.1. The summed E-state index contributed by atoms with van der Waals surface area (Å²) in [5.74, 6) is -0.877. The number of hydrogen-bond acceptors (Lipinski definition) is 7. The molecule has 2 heterocycles. The molecule has 3 aromatic rings. The normalized spacial score (nSPS) is 11.9. The van der Waals surface area contributed by atoms with Crippen molar-refractivity contribution in [1.82, 2.24) is 15.3 Å². The first-order chi connectivity index (χ1) is 17.5. The smallest absolute Gasteiger partial charge is 0.407 e. The summed E-state index contributed by atoms with van der Waals surface area (Å²) >= 11 is 5.73. The molecular weight excluding hydrogens is 501 g/mol. The van der Waals surface area contributed by atoms with E-state index in [1.165, 1.54) is 6.20 Å². The maximum absolute atomic E-state index is 14.0. The Hall–Kier alpha value is -3.72. The number of benzene rings is 1. The van der Waals surface area contributed by atoms with E-state index in [0.717, 1.165) is 11.6 Å². The predicted octanol–water partition coefficient (Wildman–Crippen LogP) is 6.12. The number of alkyl carbamates (subject to hydrolysis) is 1. The molecule has 0 spiro atoms. The fourth-order valence-corrected chi connectivity index (χ4v) is 3.50. The summed E-state index contributed by atoms with van der Waals surface area (Å²) in [7, 11) is 0. The van der Waals surface area contributed by atoms with Gasteiger partial charge in [0.15, 0.2) is 5.82 Å². The van der Waals surface area contributed by atoms with E-state index in [9.17, 15) is 14.0 Å². The van der Waals surface area contributed by atoms with Crippen molar-refractivity contribution in [1.29, 1.82) is 0 Å². The van der Waals surface area contributed by atoms with Gasteiger partial charge >= 0.3 is 12.1 Å². The molecule has 3 rings (SSSR count). The number of nitrogens with one attached hydrogen (secondary N) is 1. The Kier molecular flexibility index (Phi) is 9.41. The zero-order chi connectivity index (χ0) is 27.0. The molecule has 1 aromatic carbocycles. The molecule has 37 heavy (non-hydrogen) atoms. The molecule has 8 nitrogen and oxygen atoms in total. The first-order valence-electron chi connectivity index (χ1n) is 11.7. The summed E-state index contributed by atoms with van der Waals surface area (Å²) in [5, 5.41) is 2.92. The molecule has 1 unspecified atom stereocenters. The van der Waals surface area contributed by atoms with Crippen LogP contribution in [0.1, 0.15) is 39.8 Å². The van der Waals surface area contributed by atoms with Crippen LogP contribution in [0.5, 0.6) is 11.6 Å². The number of esters is 1. The number of halogens is 2. The van der Waals surface area contributed by atoms with Crippen LogP contribution in [-0.2, 0) is 20.7 Å². The molecule has 196 valence electrons. The molecule has 0 fully saturated rings. The summed E-state index contributed by atoms with van der Waals surface area (Å²) in [6, 6.07) is 12.9. The second kappa shape index (κ2) is 12.5. The monoisotopic (exact) mass is 529 g/mol. The molecule has 1 amide bonds. The second-order valence-electron chi connectivity index (χ2n) is 9.14. The Labute approximate surface area is 220 Å². The summed E-state index contributed by atoms with van der Waals surface area (Å²) in [4.78, 5) is 33.0. The van der Waals surface area contributed by atoms with E-state index < -0.39 is 29.5 Å². The lowest BCUT2D eigenvalue weighted by Crippen LogP contribution is -2.41. The molecule has 0 saturated carbocycles. The second-order valence-corrected chi connectivity index (χ2v) is 9.57. The number of aromatic nitrogens is 2. The van der Waals surface area contributed by atoms with Gasteiger partial charge in [-0.3, -0.25) is 9.78 Å². The molecule has 0 saturated heterocycles. The summed E-state index contributed by atoms with van der Waals surface area (Å²) in [6.45, 7) is 7.24. The van der Waals surface area contributed by atoms with Crippen LogP contribution in [0, 0.1) is 5.82 Å². The summed E-state index contributed by atoms with van der Waals surface area (Å²) < 4.78 is 29.9. The number of hydrogen-bond donors (Lipinski definition) is 1. The Balaban J connectivity index is 1.73. The van der Waals surface area contributed by atoms with Crippen molar-refractivity contribution in [3.63, 3.8) is 0 Å². The van der Waals surface area contributed by atoms with Crippen LogP contribution in [-0.4, -0.2) is 40.3 Å². The number of pyridine rings is 2. The molecule has 0 aliphatic carbocycles. The predicted molar refractivity (Wildman–Crippen MR) is 137 cm³/mol. The minimum absolute atomic E-state index is 0.0275. The Bertz CT molecular complexity index is 1230. The first-order valence-corrected chi connectivity index (χ1v) is 12.1. The van der Waals surface area contributed by atoms with Gasteiger partial charge in [-0.15, -0.1) is 0 Å². The van der Waals surface area contributed by atoms with Crippen molar-refractivity contribution in [3.05, 3.63) is 71.3 Å². The van der Waals surface area contributed by atoms with E-state index in [1.807, 2.05) is 18.2 Å². The molecule has 0 radical (unpaired) electrons. The third kappa shape index (κ3) is 9.02. The number of nitrogens with zero attached hydrogens (tertiary/aromatic N) is 2. The lowest BCUT2D eigenvalue weighted by Gasteiger charge is -2.23. The van der Waals surface area contributed by atoms with Crippen LogP contribution in [0.15, 0.2) is 54.7 Å². The molecule has 0 aliphatic rings. The third-order valence-corrected chi connectivity index (χ3v) is 5.05. The average Bonchev–Trinajstić information content (AvgIpc) is 2.80. The van der Waals surface area contributed by atoms with Gasteiger partial charge in [0, 0.05) is 29.9 Å². The van der Waals surface area contributed by atoms with E-state index in [0.29, 0.717) is 17.1 Å². The third-order valence-electron chi connectivity index (χ3n) is 4.84. The molecule has 2 aromatic heterocycles. The van der Waals surface area contributed by atoms with Crippen molar-refractivity contribution in [2.75, 3.05) is 6.61 Å². The van der Waals surface area contributed by atoms with Gasteiger partial charge in [-0.05, 0) is 70.2 Å². The number of carbonyl (C=O) groups excluding carboxylic acids is 2. The highest BCUT2D eigenvalue weighted by Crippen LogP contribution is 2.27. The maximum atomic E-state index is 14.0. The minimum Gasteiger partial charge on any atom is -0.466 e. The molecule has 1 atom stereocenters. The lowest BCUT2D eigenvalue weighted by atomic mass is 10.1. The summed E-state index contributed by atoms with van der Waals surface area (Å²) in [6.07, 6.45) is 0.936. The zero-order valence-corrected chi connectivity index (χ0v) is 21.8. The number of ether oxygens (including phenoxy) is 3.